The highest BCUT2D eigenvalue weighted by molar-refractivity contribution is 6.01. The number of amides is 1. The minimum Gasteiger partial charge on any atom is -0.497 e. The number of hydrogen-bond donors (Lipinski definition) is 1. The number of aryl methyl sites for hydroxylation is 1. The molecule has 0 saturated heterocycles. The molecule has 0 aliphatic heterocycles. The number of esters is 1. The molecule has 0 fully saturated rings. The summed E-state index contributed by atoms with van der Waals surface area (Å²) in [6, 6.07) is 15.9. The van der Waals surface area contributed by atoms with Gasteiger partial charge in [0.15, 0.2) is 6.10 Å². The second kappa shape index (κ2) is 9.20. The Balaban J connectivity index is 2.01. The Morgan fingerprint density at radius 2 is 1.74 bits per heavy atom. The molecule has 6 nitrogen and oxygen atoms in total. The van der Waals surface area contributed by atoms with Crippen LogP contribution in [0.4, 0.5) is 5.69 Å². The number of nitrogens with one attached hydrogen (secondary N) is 1. The van der Waals surface area contributed by atoms with E-state index < -0.39 is 18.0 Å². The summed E-state index contributed by atoms with van der Waals surface area (Å²) in [6.45, 7) is 3.39. The summed E-state index contributed by atoms with van der Waals surface area (Å²) in [5.74, 6) is -0.677. The van der Waals surface area contributed by atoms with Crippen LogP contribution in [0.1, 0.15) is 18.1 Å². The lowest BCUT2D eigenvalue weighted by Gasteiger charge is -2.13. The SMILES string of the molecule is COc1ccc(/C=C(\C#N)C(=O)O[C@H](C)C(=O)Nc2ccc(C)cc2)cc1. The van der Waals surface area contributed by atoms with Gasteiger partial charge >= 0.3 is 5.97 Å². The molecule has 0 unspecified atom stereocenters. The van der Waals surface area contributed by atoms with Crippen LogP contribution in [0.15, 0.2) is 54.1 Å². The maximum absolute atomic E-state index is 12.2. The molecule has 0 saturated carbocycles. The first-order chi connectivity index (χ1) is 12.9. The first kappa shape index (κ1) is 19.7. The monoisotopic (exact) mass is 364 g/mol. The van der Waals surface area contributed by atoms with E-state index in [0.29, 0.717) is 17.0 Å². The van der Waals surface area contributed by atoms with Crippen molar-refractivity contribution < 1.29 is 19.1 Å². The van der Waals surface area contributed by atoms with Crippen LogP contribution < -0.4 is 10.1 Å². The van der Waals surface area contributed by atoms with Gasteiger partial charge in [-0.2, -0.15) is 5.26 Å². The molecule has 0 aliphatic carbocycles. The number of nitrogens with zero attached hydrogens (tertiary/aromatic N) is 1. The molecule has 1 N–H and O–H groups in total. The zero-order valence-electron chi connectivity index (χ0n) is 15.4. The number of carbonyl (C=O) groups excluding carboxylic acids is 2. The average molecular weight is 364 g/mol. The van der Waals surface area contributed by atoms with Crippen molar-refractivity contribution in [3.05, 3.63) is 65.2 Å². The van der Waals surface area contributed by atoms with Crippen LogP contribution in [0.25, 0.3) is 6.08 Å². The Morgan fingerprint density at radius 3 is 2.30 bits per heavy atom. The third-order valence-electron chi connectivity index (χ3n) is 3.74. The molecule has 0 radical (unpaired) electrons. The van der Waals surface area contributed by atoms with E-state index in [-0.39, 0.29) is 5.57 Å². The van der Waals surface area contributed by atoms with E-state index in [2.05, 4.69) is 5.32 Å². The molecule has 0 aliphatic rings. The average Bonchev–Trinajstić information content (AvgIpc) is 2.68. The molecule has 27 heavy (non-hydrogen) atoms. The van der Waals surface area contributed by atoms with Crippen LogP contribution in [0.2, 0.25) is 0 Å². The van der Waals surface area contributed by atoms with E-state index in [1.54, 1.807) is 49.6 Å². The van der Waals surface area contributed by atoms with Crippen LogP contribution in [-0.4, -0.2) is 25.1 Å². The molecule has 0 bridgehead atoms. The molecule has 6 heteroatoms. The molecule has 2 aromatic rings. The van der Waals surface area contributed by atoms with E-state index >= 15 is 0 Å². The highest BCUT2D eigenvalue weighted by atomic mass is 16.5. The third kappa shape index (κ3) is 5.72. The second-order valence-corrected chi connectivity index (χ2v) is 5.85. The molecule has 138 valence electrons. The fourth-order valence-electron chi connectivity index (χ4n) is 2.16. The van der Waals surface area contributed by atoms with E-state index in [1.165, 1.54) is 13.0 Å². The first-order valence-electron chi connectivity index (χ1n) is 8.27. The molecule has 2 rings (SSSR count). The molecule has 1 atom stereocenters. The highest BCUT2D eigenvalue weighted by Crippen LogP contribution is 2.15. The lowest BCUT2D eigenvalue weighted by atomic mass is 10.1. The third-order valence-corrected chi connectivity index (χ3v) is 3.74. The van der Waals surface area contributed by atoms with E-state index in [1.807, 2.05) is 19.1 Å². The number of rotatable bonds is 6. The molecule has 0 aromatic heterocycles. The molecular formula is C21H20N2O4. The van der Waals surface area contributed by atoms with Gasteiger partial charge in [-0.05, 0) is 49.8 Å². The van der Waals surface area contributed by atoms with Gasteiger partial charge in [-0.1, -0.05) is 29.8 Å². The summed E-state index contributed by atoms with van der Waals surface area (Å²) in [5.41, 5.74) is 2.11. The number of benzene rings is 2. The molecule has 0 heterocycles. The minimum atomic E-state index is -1.05. The number of anilines is 1. The molecule has 0 spiro atoms. The maximum Gasteiger partial charge on any atom is 0.349 e. The number of nitriles is 1. The Hall–Kier alpha value is -3.59. The van der Waals surface area contributed by atoms with Gasteiger partial charge < -0.3 is 14.8 Å². The van der Waals surface area contributed by atoms with Gasteiger partial charge in [-0.15, -0.1) is 0 Å². The van der Waals surface area contributed by atoms with Crippen LogP contribution in [0.5, 0.6) is 5.75 Å². The van der Waals surface area contributed by atoms with E-state index in [0.717, 1.165) is 5.56 Å². The van der Waals surface area contributed by atoms with Crippen molar-refractivity contribution in [3.8, 4) is 11.8 Å². The first-order valence-corrected chi connectivity index (χ1v) is 8.27. The molecule has 2 aromatic carbocycles. The number of methoxy groups -OCH3 is 1. The van der Waals surface area contributed by atoms with Gasteiger partial charge in [-0.3, -0.25) is 4.79 Å². The predicted molar refractivity (Wildman–Crippen MR) is 102 cm³/mol. The minimum absolute atomic E-state index is 0.199. The largest absolute Gasteiger partial charge is 0.497 e. The zero-order chi connectivity index (χ0) is 19.8. The standard InChI is InChI=1S/C21H20N2O4/c1-14-4-8-18(9-5-14)23-20(24)15(2)27-21(25)17(13-22)12-16-6-10-19(26-3)11-7-16/h4-12,15H,1-3H3,(H,23,24)/b17-12+/t15-/m1/s1. The Bertz CT molecular complexity index is 878. The van der Waals surface area contributed by atoms with Crippen molar-refractivity contribution in [1.82, 2.24) is 0 Å². The van der Waals surface area contributed by atoms with Gasteiger partial charge in [-0.25, -0.2) is 4.79 Å². The Kier molecular flexibility index (Phi) is 6.73. The number of hydrogen-bond acceptors (Lipinski definition) is 5. The zero-order valence-corrected chi connectivity index (χ0v) is 15.4. The molecular weight excluding hydrogens is 344 g/mol. The molecule has 1 amide bonds. The fraction of sp³-hybridized carbons (Fsp3) is 0.190. The smallest absolute Gasteiger partial charge is 0.349 e. The quantitative estimate of drug-likeness (QED) is 0.482. The van der Waals surface area contributed by atoms with Crippen LogP contribution in [0, 0.1) is 18.3 Å². The van der Waals surface area contributed by atoms with Crippen molar-refractivity contribution in [2.45, 2.75) is 20.0 Å². The van der Waals surface area contributed by atoms with E-state index in [9.17, 15) is 14.9 Å². The van der Waals surface area contributed by atoms with Crippen LogP contribution in [-0.2, 0) is 14.3 Å². The van der Waals surface area contributed by atoms with Crippen molar-refractivity contribution in [1.29, 1.82) is 5.26 Å². The van der Waals surface area contributed by atoms with Crippen molar-refractivity contribution in [2.24, 2.45) is 0 Å². The van der Waals surface area contributed by atoms with E-state index in [4.69, 9.17) is 9.47 Å². The fourth-order valence-corrected chi connectivity index (χ4v) is 2.16. The van der Waals surface area contributed by atoms with Crippen molar-refractivity contribution in [2.75, 3.05) is 12.4 Å². The summed E-state index contributed by atoms with van der Waals surface area (Å²) in [6.07, 6.45) is 0.346. The Morgan fingerprint density at radius 1 is 1.11 bits per heavy atom. The number of carbonyl (C=O) groups is 2. The topological polar surface area (TPSA) is 88.4 Å². The highest BCUT2D eigenvalue weighted by Gasteiger charge is 2.20. The second-order valence-electron chi connectivity index (χ2n) is 5.85. The van der Waals surface area contributed by atoms with Gasteiger partial charge in [0.05, 0.1) is 7.11 Å². The summed E-state index contributed by atoms with van der Waals surface area (Å²) >= 11 is 0. The summed E-state index contributed by atoms with van der Waals surface area (Å²) in [5, 5.41) is 11.9. The van der Waals surface area contributed by atoms with Gasteiger partial charge in [0.25, 0.3) is 5.91 Å². The predicted octanol–water partition coefficient (Wildman–Crippen LogP) is 3.48. The normalized spacial score (nSPS) is 11.9. The van der Waals surface area contributed by atoms with Gasteiger partial charge in [0.2, 0.25) is 0 Å². The Labute approximate surface area is 158 Å². The van der Waals surface area contributed by atoms with Crippen LogP contribution in [0.3, 0.4) is 0 Å². The number of ether oxygens (including phenoxy) is 2. The van der Waals surface area contributed by atoms with Gasteiger partial charge in [0.1, 0.15) is 17.4 Å². The summed E-state index contributed by atoms with van der Waals surface area (Å²) in [4.78, 5) is 24.4. The van der Waals surface area contributed by atoms with Crippen LogP contribution >= 0.6 is 0 Å². The van der Waals surface area contributed by atoms with Crippen molar-refractivity contribution >= 4 is 23.6 Å². The summed E-state index contributed by atoms with van der Waals surface area (Å²) in [7, 11) is 1.55. The summed E-state index contributed by atoms with van der Waals surface area (Å²) < 4.78 is 10.2. The van der Waals surface area contributed by atoms with Gasteiger partial charge in [0, 0.05) is 5.69 Å². The lowest BCUT2D eigenvalue weighted by Crippen LogP contribution is -2.30. The maximum atomic E-state index is 12.2. The van der Waals surface area contributed by atoms with Crippen molar-refractivity contribution in [3.63, 3.8) is 0 Å². The lowest BCUT2D eigenvalue weighted by molar-refractivity contribution is -0.148.